The predicted molar refractivity (Wildman–Crippen MR) is 117 cm³/mol. The highest BCUT2D eigenvalue weighted by Crippen LogP contribution is 2.22. The fraction of sp³-hybridized carbons (Fsp3) is 0.0870. The molecule has 0 fully saturated rings. The summed E-state index contributed by atoms with van der Waals surface area (Å²) in [5, 5.41) is 6.91. The summed E-state index contributed by atoms with van der Waals surface area (Å²) in [5.41, 5.74) is 4.61. The minimum Gasteiger partial charge on any atom is -0.456 e. The summed E-state index contributed by atoms with van der Waals surface area (Å²) in [5.74, 6) is -0.418. The van der Waals surface area contributed by atoms with E-state index in [1.165, 1.54) is 23.0 Å². The van der Waals surface area contributed by atoms with Crippen molar-refractivity contribution in [2.75, 3.05) is 5.32 Å². The molecule has 5 nitrogen and oxygen atoms in total. The first kappa shape index (κ1) is 18.8. The maximum absolute atomic E-state index is 12.1. The van der Waals surface area contributed by atoms with Gasteiger partial charge in [-0.1, -0.05) is 42.0 Å². The zero-order valence-electron chi connectivity index (χ0n) is 15.8. The predicted octanol–water partition coefficient (Wildman–Crippen LogP) is 5.50. The number of nitrogens with zero attached hydrogens (tertiary/aromatic N) is 2. The highest BCUT2D eigenvalue weighted by molar-refractivity contribution is 7.13. The van der Waals surface area contributed by atoms with Crippen molar-refractivity contribution in [2.45, 2.75) is 13.5 Å². The van der Waals surface area contributed by atoms with E-state index in [4.69, 9.17) is 4.74 Å². The number of carbonyl (C=O) groups excluding carboxylic acids is 1. The largest absolute Gasteiger partial charge is 0.456 e. The number of aromatic nitrogens is 2. The molecule has 0 amide bonds. The van der Waals surface area contributed by atoms with E-state index in [1.54, 1.807) is 12.3 Å². The SMILES string of the molecule is Cc1ccc(Nc2nc(COC(=O)/C=C/c3cccc4cccnc34)cs2)cc1. The molecule has 144 valence electrons. The summed E-state index contributed by atoms with van der Waals surface area (Å²) in [6.07, 6.45) is 4.88. The summed E-state index contributed by atoms with van der Waals surface area (Å²) >= 11 is 1.47. The van der Waals surface area contributed by atoms with Crippen LogP contribution in [-0.4, -0.2) is 15.9 Å². The summed E-state index contributed by atoms with van der Waals surface area (Å²) in [4.78, 5) is 20.9. The molecule has 0 saturated heterocycles. The van der Waals surface area contributed by atoms with E-state index in [0.717, 1.165) is 27.3 Å². The normalized spacial score (nSPS) is 11.1. The molecule has 0 aliphatic rings. The van der Waals surface area contributed by atoms with Crippen LogP contribution in [0.1, 0.15) is 16.8 Å². The molecule has 0 saturated carbocycles. The first-order valence-corrected chi connectivity index (χ1v) is 10.0. The average molecular weight is 401 g/mol. The summed E-state index contributed by atoms with van der Waals surface area (Å²) < 4.78 is 5.31. The van der Waals surface area contributed by atoms with Gasteiger partial charge < -0.3 is 10.1 Å². The Morgan fingerprint density at radius 3 is 2.83 bits per heavy atom. The van der Waals surface area contributed by atoms with Crippen LogP contribution >= 0.6 is 11.3 Å². The van der Waals surface area contributed by atoms with Gasteiger partial charge in [0, 0.05) is 34.3 Å². The number of benzene rings is 2. The van der Waals surface area contributed by atoms with Gasteiger partial charge in [0.05, 0.1) is 11.2 Å². The Bertz CT molecular complexity index is 1160. The van der Waals surface area contributed by atoms with E-state index >= 15 is 0 Å². The van der Waals surface area contributed by atoms with Crippen LogP contribution in [0.3, 0.4) is 0 Å². The number of hydrogen-bond donors (Lipinski definition) is 1. The van der Waals surface area contributed by atoms with Gasteiger partial charge in [-0.3, -0.25) is 4.98 Å². The van der Waals surface area contributed by atoms with Crippen molar-refractivity contribution in [3.63, 3.8) is 0 Å². The van der Waals surface area contributed by atoms with Crippen LogP contribution in [-0.2, 0) is 16.1 Å². The van der Waals surface area contributed by atoms with Crippen molar-refractivity contribution in [3.8, 4) is 0 Å². The van der Waals surface area contributed by atoms with Gasteiger partial charge in [0.2, 0.25) is 0 Å². The van der Waals surface area contributed by atoms with Gasteiger partial charge in [-0.05, 0) is 31.2 Å². The number of thiazole rings is 1. The number of pyridine rings is 1. The molecule has 2 aromatic carbocycles. The lowest BCUT2D eigenvalue weighted by Crippen LogP contribution is -2.01. The molecule has 2 heterocycles. The Balaban J connectivity index is 1.34. The minimum absolute atomic E-state index is 0.128. The third kappa shape index (κ3) is 4.86. The van der Waals surface area contributed by atoms with E-state index in [-0.39, 0.29) is 6.61 Å². The molecule has 6 heteroatoms. The summed E-state index contributed by atoms with van der Waals surface area (Å²) in [6, 6.07) is 17.8. The topological polar surface area (TPSA) is 64.1 Å². The lowest BCUT2D eigenvalue weighted by Gasteiger charge is -2.03. The van der Waals surface area contributed by atoms with E-state index in [2.05, 4.69) is 15.3 Å². The standard InChI is InChI=1S/C23H19N3O2S/c1-16-7-10-19(11-8-16)25-23-26-20(15-29-23)14-28-21(27)12-9-18-5-2-4-17-6-3-13-24-22(17)18/h2-13,15H,14H2,1H3,(H,25,26)/b12-9+. The van der Waals surface area contributed by atoms with Crippen molar-refractivity contribution in [2.24, 2.45) is 0 Å². The molecule has 0 aliphatic carbocycles. The molecule has 0 spiro atoms. The van der Waals surface area contributed by atoms with Gasteiger partial charge in [-0.2, -0.15) is 0 Å². The Hall–Kier alpha value is -3.51. The summed E-state index contributed by atoms with van der Waals surface area (Å²) in [7, 11) is 0. The van der Waals surface area contributed by atoms with Crippen molar-refractivity contribution in [1.82, 2.24) is 9.97 Å². The smallest absolute Gasteiger partial charge is 0.331 e. The minimum atomic E-state index is -0.418. The molecular weight excluding hydrogens is 382 g/mol. The molecule has 2 aromatic heterocycles. The fourth-order valence-corrected chi connectivity index (χ4v) is 3.52. The lowest BCUT2D eigenvalue weighted by atomic mass is 10.1. The number of para-hydroxylation sites is 1. The molecule has 0 unspecified atom stereocenters. The second-order valence-corrected chi connectivity index (χ2v) is 7.36. The van der Waals surface area contributed by atoms with Gasteiger partial charge in [0.1, 0.15) is 6.61 Å². The third-order valence-corrected chi connectivity index (χ3v) is 5.09. The molecule has 0 radical (unpaired) electrons. The van der Waals surface area contributed by atoms with Crippen LogP contribution in [0, 0.1) is 6.92 Å². The van der Waals surface area contributed by atoms with Crippen LogP contribution < -0.4 is 5.32 Å². The monoisotopic (exact) mass is 401 g/mol. The first-order chi connectivity index (χ1) is 14.2. The average Bonchev–Trinajstić information content (AvgIpc) is 3.19. The highest BCUT2D eigenvalue weighted by Gasteiger charge is 2.06. The molecule has 29 heavy (non-hydrogen) atoms. The summed E-state index contributed by atoms with van der Waals surface area (Å²) in [6.45, 7) is 2.17. The molecule has 0 aliphatic heterocycles. The number of fused-ring (bicyclic) bond motifs is 1. The van der Waals surface area contributed by atoms with E-state index in [0.29, 0.717) is 5.69 Å². The van der Waals surface area contributed by atoms with Gasteiger partial charge >= 0.3 is 5.97 Å². The quantitative estimate of drug-likeness (QED) is 0.341. The molecule has 0 bridgehead atoms. The van der Waals surface area contributed by atoms with Crippen LogP contribution in [0.5, 0.6) is 0 Å². The Labute approximate surface area is 172 Å². The van der Waals surface area contributed by atoms with Gasteiger partial charge in [-0.15, -0.1) is 11.3 Å². The van der Waals surface area contributed by atoms with E-state index in [9.17, 15) is 4.79 Å². The zero-order chi connectivity index (χ0) is 20.1. The second-order valence-electron chi connectivity index (χ2n) is 6.50. The van der Waals surface area contributed by atoms with Gasteiger partial charge in [-0.25, -0.2) is 9.78 Å². The van der Waals surface area contributed by atoms with Crippen molar-refractivity contribution in [1.29, 1.82) is 0 Å². The molecular formula is C23H19N3O2S. The van der Waals surface area contributed by atoms with Crippen LogP contribution in [0.2, 0.25) is 0 Å². The van der Waals surface area contributed by atoms with E-state index < -0.39 is 5.97 Å². The number of anilines is 2. The van der Waals surface area contributed by atoms with Gasteiger partial charge in [0.25, 0.3) is 0 Å². The first-order valence-electron chi connectivity index (χ1n) is 9.14. The second kappa shape index (κ2) is 8.67. The number of hydrogen-bond acceptors (Lipinski definition) is 6. The molecule has 0 atom stereocenters. The Morgan fingerprint density at radius 1 is 1.14 bits per heavy atom. The number of esters is 1. The number of rotatable bonds is 6. The maximum Gasteiger partial charge on any atom is 0.331 e. The van der Waals surface area contributed by atoms with Crippen molar-refractivity contribution >= 4 is 45.1 Å². The lowest BCUT2D eigenvalue weighted by molar-refractivity contribution is -0.139. The fourth-order valence-electron chi connectivity index (χ4n) is 2.80. The van der Waals surface area contributed by atoms with Crippen LogP contribution in [0.15, 0.2) is 72.3 Å². The maximum atomic E-state index is 12.1. The van der Waals surface area contributed by atoms with Gasteiger partial charge in [0.15, 0.2) is 5.13 Å². The van der Waals surface area contributed by atoms with Crippen LogP contribution in [0.25, 0.3) is 17.0 Å². The number of carbonyl (C=O) groups is 1. The van der Waals surface area contributed by atoms with Crippen molar-refractivity contribution in [3.05, 3.63) is 89.1 Å². The zero-order valence-corrected chi connectivity index (χ0v) is 16.6. The van der Waals surface area contributed by atoms with E-state index in [1.807, 2.05) is 66.9 Å². The molecule has 4 rings (SSSR count). The highest BCUT2D eigenvalue weighted by atomic mass is 32.1. The third-order valence-electron chi connectivity index (χ3n) is 4.28. The van der Waals surface area contributed by atoms with Crippen molar-refractivity contribution < 1.29 is 9.53 Å². The molecule has 1 N–H and O–H groups in total. The number of nitrogens with one attached hydrogen (secondary N) is 1. The Morgan fingerprint density at radius 2 is 1.97 bits per heavy atom. The van der Waals surface area contributed by atoms with Crippen LogP contribution in [0.4, 0.5) is 10.8 Å². The molecule has 4 aromatic rings. The number of ether oxygens (including phenoxy) is 1. The Kier molecular flexibility index (Phi) is 5.63. The number of aryl methyl sites for hydroxylation is 1.